The molecule has 3 nitrogen and oxygen atoms in total. The van der Waals surface area contributed by atoms with E-state index in [0.717, 1.165) is 41.8 Å². The van der Waals surface area contributed by atoms with Crippen LogP contribution in [0.1, 0.15) is 18.4 Å². The molecule has 1 aliphatic rings. The van der Waals surface area contributed by atoms with E-state index in [0.29, 0.717) is 6.10 Å². The molecule has 2 heterocycles. The zero-order valence-corrected chi connectivity index (χ0v) is 11.3. The maximum atomic E-state index is 5.90. The Morgan fingerprint density at radius 3 is 2.75 bits per heavy atom. The molecule has 0 spiro atoms. The Balaban J connectivity index is 1.98. The second-order valence-electron chi connectivity index (χ2n) is 4.42. The molecule has 0 aromatic carbocycles. The summed E-state index contributed by atoms with van der Waals surface area (Å²) in [6.45, 7) is 4.24. The third kappa shape index (κ3) is 2.95. The van der Waals surface area contributed by atoms with Crippen molar-refractivity contribution in [2.45, 2.75) is 25.9 Å². The van der Waals surface area contributed by atoms with Crippen LogP contribution in [0.3, 0.4) is 0 Å². The molecule has 0 bridgehead atoms. The molecule has 0 N–H and O–H groups in total. The van der Waals surface area contributed by atoms with Crippen LogP contribution in [0.15, 0.2) is 16.7 Å². The number of aromatic nitrogens is 1. The summed E-state index contributed by atoms with van der Waals surface area (Å²) >= 11 is 3.49. The highest BCUT2D eigenvalue weighted by Gasteiger charge is 2.19. The zero-order chi connectivity index (χ0) is 11.5. The van der Waals surface area contributed by atoms with Gasteiger partial charge in [0.15, 0.2) is 0 Å². The summed E-state index contributed by atoms with van der Waals surface area (Å²) in [4.78, 5) is 6.64. The summed E-state index contributed by atoms with van der Waals surface area (Å²) in [7, 11) is 2.15. The normalized spacial score (nSPS) is 18.7. The van der Waals surface area contributed by atoms with Gasteiger partial charge < -0.3 is 9.64 Å². The van der Waals surface area contributed by atoms with Gasteiger partial charge in [0.05, 0.1) is 4.47 Å². The molecule has 1 saturated heterocycles. The Bertz CT molecular complexity index is 362. The van der Waals surface area contributed by atoms with Crippen molar-refractivity contribution in [2.24, 2.45) is 0 Å². The molecule has 0 atom stereocenters. The van der Waals surface area contributed by atoms with E-state index in [2.05, 4.69) is 32.9 Å². The first-order valence-electron chi connectivity index (χ1n) is 5.62. The Morgan fingerprint density at radius 2 is 2.12 bits per heavy atom. The standard InChI is InChI=1S/C12H17BrN2O/c1-9-7-11(13)12(14-8-9)16-10-3-5-15(2)6-4-10/h7-8,10H,3-6H2,1-2H3. The smallest absolute Gasteiger partial charge is 0.228 e. The fraction of sp³-hybridized carbons (Fsp3) is 0.583. The Morgan fingerprint density at radius 1 is 1.44 bits per heavy atom. The molecule has 0 radical (unpaired) electrons. The molecular weight excluding hydrogens is 268 g/mol. The summed E-state index contributed by atoms with van der Waals surface area (Å²) < 4.78 is 6.86. The average molecular weight is 285 g/mol. The molecule has 88 valence electrons. The van der Waals surface area contributed by atoms with Crippen LogP contribution in [-0.2, 0) is 0 Å². The van der Waals surface area contributed by atoms with Gasteiger partial charge >= 0.3 is 0 Å². The summed E-state index contributed by atoms with van der Waals surface area (Å²) in [5.74, 6) is 0.722. The van der Waals surface area contributed by atoms with E-state index in [4.69, 9.17) is 4.74 Å². The van der Waals surface area contributed by atoms with Crippen LogP contribution in [0, 0.1) is 6.92 Å². The van der Waals surface area contributed by atoms with Crippen molar-refractivity contribution < 1.29 is 4.74 Å². The molecule has 4 heteroatoms. The fourth-order valence-electron chi connectivity index (χ4n) is 1.87. The molecule has 1 aliphatic heterocycles. The number of ether oxygens (including phenoxy) is 1. The van der Waals surface area contributed by atoms with Crippen LogP contribution < -0.4 is 4.74 Å². The Labute approximate surface area is 105 Å². The second-order valence-corrected chi connectivity index (χ2v) is 5.27. The topological polar surface area (TPSA) is 25.4 Å². The molecule has 0 aliphatic carbocycles. The molecule has 1 fully saturated rings. The van der Waals surface area contributed by atoms with Crippen molar-refractivity contribution in [1.29, 1.82) is 0 Å². The van der Waals surface area contributed by atoms with Gasteiger partial charge in [0.2, 0.25) is 5.88 Å². The number of likely N-dealkylation sites (tertiary alicyclic amines) is 1. The van der Waals surface area contributed by atoms with Crippen LogP contribution in [0.2, 0.25) is 0 Å². The van der Waals surface area contributed by atoms with Crippen molar-refractivity contribution in [3.63, 3.8) is 0 Å². The molecule has 1 aromatic heterocycles. The monoisotopic (exact) mass is 284 g/mol. The Kier molecular flexibility index (Phi) is 3.82. The number of halogens is 1. The van der Waals surface area contributed by atoms with Crippen LogP contribution in [-0.4, -0.2) is 36.1 Å². The lowest BCUT2D eigenvalue weighted by Gasteiger charge is -2.29. The lowest BCUT2D eigenvalue weighted by Crippen LogP contribution is -2.35. The van der Waals surface area contributed by atoms with Crippen molar-refractivity contribution in [3.8, 4) is 5.88 Å². The minimum absolute atomic E-state index is 0.308. The number of nitrogens with zero attached hydrogens (tertiary/aromatic N) is 2. The summed E-state index contributed by atoms with van der Waals surface area (Å²) in [6.07, 6.45) is 4.31. The van der Waals surface area contributed by atoms with E-state index in [-0.39, 0.29) is 0 Å². The van der Waals surface area contributed by atoms with E-state index in [1.165, 1.54) is 0 Å². The number of pyridine rings is 1. The third-order valence-corrected chi connectivity index (χ3v) is 3.46. The zero-order valence-electron chi connectivity index (χ0n) is 9.74. The van der Waals surface area contributed by atoms with Crippen LogP contribution in [0.25, 0.3) is 0 Å². The van der Waals surface area contributed by atoms with Gasteiger partial charge in [-0.3, -0.25) is 0 Å². The minimum Gasteiger partial charge on any atom is -0.473 e. The molecule has 0 saturated carbocycles. The van der Waals surface area contributed by atoms with Gasteiger partial charge in [-0.1, -0.05) is 0 Å². The van der Waals surface area contributed by atoms with E-state index in [1.807, 2.05) is 19.2 Å². The lowest BCUT2D eigenvalue weighted by atomic mass is 10.1. The lowest BCUT2D eigenvalue weighted by molar-refractivity contribution is 0.109. The number of piperidine rings is 1. The first-order chi connectivity index (χ1) is 7.65. The maximum absolute atomic E-state index is 5.90. The van der Waals surface area contributed by atoms with Crippen molar-refractivity contribution in [2.75, 3.05) is 20.1 Å². The molecule has 0 amide bonds. The first-order valence-corrected chi connectivity index (χ1v) is 6.42. The maximum Gasteiger partial charge on any atom is 0.228 e. The Hall–Kier alpha value is -0.610. The van der Waals surface area contributed by atoms with E-state index in [1.54, 1.807) is 0 Å². The van der Waals surface area contributed by atoms with Crippen LogP contribution in [0.5, 0.6) is 5.88 Å². The largest absolute Gasteiger partial charge is 0.473 e. The van der Waals surface area contributed by atoms with Gasteiger partial charge in [-0.05, 0) is 54.4 Å². The van der Waals surface area contributed by atoms with Gasteiger partial charge in [-0.2, -0.15) is 0 Å². The number of aryl methyl sites for hydroxylation is 1. The highest BCUT2D eigenvalue weighted by Crippen LogP contribution is 2.25. The van der Waals surface area contributed by atoms with Gasteiger partial charge in [0.1, 0.15) is 6.10 Å². The van der Waals surface area contributed by atoms with Crippen molar-refractivity contribution >= 4 is 15.9 Å². The predicted octanol–water partition coefficient (Wildman–Crippen LogP) is 2.63. The highest BCUT2D eigenvalue weighted by atomic mass is 79.9. The van der Waals surface area contributed by atoms with Crippen LogP contribution >= 0.6 is 15.9 Å². The minimum atomic E-state index is 0.308. The predicted molar refractivity (Wildman–Crippen MR) is 67.8 cm³/mol. The number of hydrogen-bond donors (Lipinski definition) is 0. The SMILES string of the molecule is Cc1cnc(OC2CCN(C)CC2)c(Br)c1. The molecular formula is C12H17BrN2O. The average Bonchev–Trinajstić information content (AvgIpc) is 2.25. The van der Waals surface area contributed by atoms with Crippen molar-refractivity contribution in [3.05, 3.63) is 22.3 Å². The van der Waals surface area contributed by atoms with Gasteiger partial charge in [0.25, 0.3) is 0 Å². The van der Waals surface area contributed by atoms with Gasteiger partial charge in [0, 0.05) is 19.3 Å². The van der Waals surface area contributed by atoms with Crippen LogP contribution in [0.4, 0.5) is 0 Å². The number of hydrogen-bond acceptors (Lipinski definition) is 3. The fourth-order valence-corrected chi connectivity index (χ4v) is 2.43. The van der Waals surface area contributed by atoms with E-state index >= 15 is 0 Å². The van der Waals surface area contributed by atoms with Crippen molar-refractivity contribution in [1.82, 2.24) is 9.88 Å². The molecule has 0 unspecified atom stereocenters. The van der Waals surface area contributed by atoms with E-state index in [9.17, 15) is 0 Å². The third-order valence-electron chi connectivity index (χ3n) is 2.89. The second kappa shape index (κ2) is 5.15. The molecule has 16 heavy (non-hydrogen) atoms. The molecule has 1 aromatic rings. The van der Waals surface area contributed by atoms with Gasteiger partial charge in [-0.25, -0.2) is 4.98 Å². The molecule has 2 rings (SSSR count). The number of rotatable bonds is 2. The quantitative estimate of drug-likeness (QED) is 0.835. The van der Waals surface area contributed by atoms with E-state index < -0.39 is 0 Å². The van der Waals surface area contributed by atoms with Gasteiger partial charge in [-0.15, -0.1) is 0 Å². The summed E-state index contributed by atoms with van der Waals surface area (Å²) in [5, 5.41) is 0. The summed E-state index contributed by atoms with van der Waals surface area (Å²) in [5.41, 5.74) is 1.14. The highest BCUT2D eigenvalue weighted by molar-refractivity contribution is 9.10. The summed E-state index contributed by atoms with van der Waals surface area (Å²) in [6, 6.07) is 2.04. The first kappa shape index (κ1) is 11.9.